The Labute approximate surface area is 172 Å². The van der Waals surface area contributed by atoms with Crippen LogP contribution in [-0.2, 0) is 13.1 Å². The van der Waals surface area contributed by atoms with E-state index in [1.54, 1.807) is 12.4 Å². The van der Waals surface area contributed by atoms with Crippen LogP contribution >= 0.6 is 0 Å². The van der Waals surface area contributed by atoms with Crippen LogP contribution in [0.1, 0.15) is 21.5 Å². The Bertz CT molecular complexity index is 905. The van der Waals surface area contributed by atoms with Gasteiger partial charge >= 0.3 is 0 Å². The Morgan fingerprint density at radius 1 is 0.828 bits per heavy atom. The molecule has 4 rings (SSSR count). The van der Waals surface area contributed by atoms with Crippen LogP contribution in [-0.4, -0.2) is 42.0 Å². The molecule has 1 saturated heterocycles. The van der Waals surface area contributed by atoms with E-state index in [1.165, 1.54) is 11.3 Å². The first-order valence-electron chi connectivity index (χ1n) is 10.1. The van der Waals surface area contributed by atoms with Crippen molar-refractivity contribution in [2.75, 3.05) is 31.1 Å². The van der Waals surface area contributed by atoms with Gasteiger partial charge in [-0.3, -0.25) is 14.7 Å². The number of nitrogens with zero attached hydrogens (tertiary/aromatic N) is 3. The number of hydrogen-bond donors (Lipinski definition) is 1. The Hall–Kier alpha value is -3.18. The van der Waals surface area contributed by atoms with Gasteiger partial charge in [0.25, 0.3) is 5.91 Å². The topological polar surface area (TPSA) is 48.5 Å². The van der Waals surface area contributed by atoms with Crippen molar-refractivity contribution in [3.63, 3.8) is 0 Å². The molecule has 5 nitrogen and oxygen atoms in total. The average molecular weight is 386 g/mol. The van der Waals surface area contributed by atoms with Gasteiger partial charge in [0, 0.05) is 62.9 Å². The van der Waals surface area contributed by atoms with Gasteiger partial charge in [-0.15, -0.1) is 0 Å². The third-order valence-electron chi connectivity index (χ3n) is 5.32. The van der Waals surface area contributed by atoms with Gasteiger partial charge in [0.1, 0.15) is 0 Å². The molecule has 3 aromatic rings. The molecular weight excluding hydrogens is 360 g/mol. The first-order valence-corrected chi connectivity index (χ1v) is 10.1. The van der Waals surface area contributed by atoms with Gasteiger partial charge in [0.2, 0.25) is 0 Å². The van der Waals surface area contributed by atoms with E-state index in [0.29, 0.717) is 12.1 Å². The van der Waals surface area contributed by atoms with Gasteiger partial charge < -0.3 is 10.2 Å². The summed E-state index contributed by atoms with van der Waals surface area (Å²) in [6, 6.07) is 22.4. The Morgan fingerprint density at radius 3 is 2.21 bits per heavy atom. The molecule has 0 atom stereocenters. The minimum absolute atomic E-state index is 0.0511. The molecule has 1 amide bonds. The minimum atomic E-state index is -0.0511. The lowest BCUT2D eigenvalue weighted by Crippen LogP contribution is -2.45. The van der Waals surface area contributed by atoms with Gasteiger partial charge in [0.15, 0.2) is 0 Å². The number of anilines is 1. The summed E-state index contributed by atoms with van der Waals surface area (Å²) in [7, 11) is 0. The number of carbonyl (C=O) groups is 1. The quantitative estimate of drug-likeness (QED) is 0.706. The molecule has 0 aliphatic carbocycles. The lowest BCUT2D eigenvalue weighted by Gasteiger charge is -2.36. The number of piperazine rings is 1. The van der Waals surface area contributed by atoms with Gasteiger partial charge in [0.05, 0.1) is 0 Å². The summed E-state index contributed by atoms with van der Waals surface area (Å²) in [6.07, 6.45) is 3.46. The molecule has 2 heterocycles. The molecule has 0 unspecified atom stereocenters. The number of pyridine rings is 1. The van der Waals surface area contributed by atoms with Gasteiger partial charge in [-0.1, -0.05) is 30.3 Å². The van der Waals surface area contributed by atoms with E-state index < -0.39 is 0 Å². The summed E-state index contributed by atoms with van der Waals surface area (Å²) in [6.45, 7) is 5.60. The van der Waals surface area contributed by atoms with Crippen molar-refractivity contribution >= 4 is 11.6 Å². The molecule has 148 valence electrons. The van der Waals surface area contributed by atoms with Crippen LogP contribution in [0.5, 0.6) is 0 Å². The van der Waals surface area contributed by atoms with Gasteiger partial charge in [-0.05, 0) is 47.5 Å². The number of aromatic nitrogens is 1. The highest BCUT2D eigenvalue weighted by Gasteiger charge is 2.17. The number of hydrogen-bond acceptors (Lipinski definition) is 4. The van der Waals surface area contributed by atoms with Crippen molar-refractivity contribution < 1.29 is 4.79 Å². The van der Waals surface area contributed by atoms with E-state index in [9.17, 15) is 4.79 Å². The molecule has 0 saturated carbocycles. The normalized spacial score (nSPS) is 14.6. The predicted molar refractivity (Wildman–Crippen MR) is 116 cm³/mol. The fourth-order valence-electron chi connectivity index (χ4n) is 3.61. The van der Waals surface area contributed by atoms with Crippen molar-refractivity contribution in [3.8, 4) is 0 Å². The molecule has 5 heteroatoms. The Morgan fingerprint density at radius 2 is 1.52 bits per heavy atom. The van der Waals surface area contributed by atoms with Crippen molar-refractivity contribution in [3.05, 3.63) is 95.8 Å². The van der Waals surface area contributed by atoms with E-state index in [0.717, 1.165) is 38.3 Å². The molecule has 1 aromatic heterocycles. The summed E-state index contributed by atoms with van der Waals surface area (Å²) in [5.74, 6) is -0.0511. The third-order valence-corrected chi connectivity index (χ3v) is 5.32. The zero-order valence-electron chi connectivity index (χ0n) is 16.5. The molecule has 1 N–H and O–H groups in total. The third kappa shape index (κ3) is 5.21. The zero-order chi connectivity index (χ0) is 19.9. The van der Waals surface area contributed by atoms with Crippen LogP contribution in [0.15, 0.2) is 79.1 Å². The summed E-state index contributed by atoms with van der Waals surface area (Å²) in [4.78, 5) is 21.2. The smallest absolute Gasteiger partial charge is 0.251 e. The number of rotatable bonds is 6. The fraction of sp³-hybridized carbons (Fsp3) is 0.250. The molecule has 0 radical (unpaired) electrons. The second kappa shape index (κ2) is 9.34. The molecule has 0 bridgehead atoms. The second-order valence-corrected chi connectivity index (χ2v) is 7.33. The maximum Gasteiger partial charge on any atom is 0.251 e. The lowest BCUT2D eigenvalue weighted by molar-refractivity contribution is 0.0951. The predicted octanol–water partition coefficient (Wildman–Crippen LogP) is 3.33. The summed E-state index contributed by atoms with van der Waals surface area (Å²) < 4.78 is 0. The van der Waals surface area contributed by atoms with E-state index >= 15 is 0 Å². The fourth-order valence-corrected chi connectivity index (χ4v) is 3.61. The molecule has 1 fully saturated rings. The number of benzene rings is 2. The van der Waals surface area contributed by atoms with Gasteiger partial charge in [-0.25, -0.2) is 0 Å². The zero-order valence-corrected chi connectivity index (χ0v) is 16.5. The molecule has 0 spiro atoms. The maximum atomic E-state index is 12.3. The Kier molecular flexibility index (Phi) is 6.17. The highest BCUT2D eigenvalue weighted by molar-refractivity contribution is 5.94. The number of carbonyl (C=O) groups excluding carboxylic acids is 1. The largest absolute Gasteiger partial charge is 0.369 e. The molecular formula is C24H26N4O. The molecule has 1 aliphatic rings. The van der Waals surface area contributed by atoms with E-state index in [1.807, 2.05) is 24.3 Å². The Balaban J connectivity index is 1.26. The molecule has 29 heavy (non-hydrogen) atoms. The highest BCUT2D eigenvalue weighted by Crippen LogP contribution is 2.17. The van der Waals surface area contributed by atoms with Crippen LogP contribution in [0.25, 0.3) is 0 Å². The average Bonchev–Trinajstić information content (AvgIpc) is 2.80. The molecule has 1 aliphatic heterocycles. The van der Waals surface area contributed by atoms with Crippen molar-refractivity contribution in [2.24, 2.45) is 0 Å². The highest BCUT2D eigenvalue weighted by atomic mass is 16.1. The number of para-hydroxylation sites is 1. The van der Waals surface area contributed by atoms with Crippen LogP contribution in [0.2, 0.25) is 0 Å². The first-order chi connectivity index (χ1) is 14.3. The standard InChI is InChI=1S/C24H26N4O/c29-24(26-18-20-10-12-25-13-11-20)22-8-6-21(7-9-22)19-27-14-16-28(17-15-27)23-4-2-1-3-5-23/h1-13H,14-19H2,(H,26,29). The van der Waals surface area contributed by atoms with Crippen LogP contribution in [0, 0.1) is 0 Å². The lowest BCUT2D eigenvalue weighted by atomic mass is 10.1. The van der Waals surface area contributed by atoms with E-state index in [4.69, 9.17) is 0 Å². The number of nitrogens with one attached hydrogen (secondary N) is 1. The van der Waals surface area contributed by atoms with Crippen LogP contribution in [0.4, 0.5) is 5.69 Å². The minimum Gasteiger partial charge on any atom is -0.369 e. The van der Waals surface area contributed by atoms with Crippen LogP contribution < -0.4 is 10.2 Å². The van der Waals surface area contributed by atoms with Crippen molar-refractivity contribution in [1.29, 1.82) is 0 Å². The summed E-state index contributed by atoms with van der Waals surface area (Å²) in [5, 5.41) is 2.95. The summed E-state index contributed by atoms with van der Waals surface area (Å²) >= 11 is 0. The SMILES string of the molecule is O=C(NCc1ccncc1)c1ccc(CN2CCN(c3ccccc3)CC2)cc1. The summed E-state index contributed by atoms with van der Waals surface area (Å²) in [5.41, 5.74) is 4.27. The van der Waals surface area contributed by atoms with E-state index in [2.05, 4.69) is 62.6 Å². The first kappa shape index (κ1) is 19.2. The van der Waals surface area contributed by atoms with Crippen LogP contribution in [0.3, 0.4) is 0 Å². The number of amides is 1. The second-order valence-electron chi connectivity index (χ2n) is 7.33. The van der Waals surface area contributed by atoms with Crippen molar-refractivity contribution in [2.45, 2.75) is 13.1 Å². The maximum absolute atomic E-state index is 12.3. The van der Waals surface area contributed by atoms with Crippen molar-refractivity contribution in [1.82, 2.24) is 15.2 Å². The van der Waals surface area contributed by atoms with Gasteiger partial charge in [-0.2, -0.15) is 0 Å². The van der Waals surface area contributed by atoms with E-state index in [-0.39, 0.29) is 5.91 Å². The monoisotopic (exact) mass is 386 g/mol. The molecule has 2 aromatic carbocycles.